The predicted molar refractivity (Wildman–Crippen MR) is 111 cm³/mol. The van der Waals surface area contributed by atoms with Crippen LogP contribution in [-0.2, 0) is 0 Å². The van der Waals surface area contributed by atoms with Crippen molar-refractivity contribution in [1.82, 2.24) is 20.0 Å². The molecule has 0 unspecified atom stereocenters. The van der Waals surface area contributed by atoms with Gasteiger partial charge in [0.25, 0.3) is 5.91 Å². The third-order valence-electron chi connectivity index (χ3n) is 5.03. The molecular weight excluding hydrogens is 368 g/mol. The van der Waals surface area contributed by atoms with E-state index in [4.69, 9.17) is 11.5 Å². The number of pyridine rings is 1. The fraction of sp³-hybridized carbons (Fsp3) is 0.300. The number of anilines is 3. The molecule has 1 aliphatic carbocycles. The van der Waals surface area contributed by atoms with Crippen molar-refractivity contribution >= 4 is 23.1 Å². The van der Waals surface area contributed by atoms with Crippen LogP contribution in [0.4, 0.5) is 17.2 Å². The molecule has 0 saturated heterocycles. The monoisotopic (exact) mass is 392 g/mol. The standard InChI is InChI=1S/C20H24N8O/c21-15-8-4-5-9-16(15)25-13-10-17(19(20(22)29)23-11-13)26-18-12-24-28(27-18)14-6-2-1-3-7-14/h1-3,6-7,10-12,15-16,25H,4-5,8-9,21H2,(H2,22,29)(H,26,27)/t15-,16+/m0/s1. The van der Waals surface area contributed by atoms with Gasteiger partial charge in [-0.1, -0.05) is 31.0 Å². The van der Waals surface area contributed by atoms with Gasteiger partial charge < -0.3 is 22.1 Å². The minimum absolute atomic E-state index is 0.0988. The van der Waals surface area contributed by atoms with Gasteiger partial charge in [-0.25, -0.2) is 4.98 Å². The number of nitrogens with zero attached hydrogens (tertiary/aromatic N) is 4. The zero-order chi connectivity index (χ0) is 20.2. The summed E-state index contributed by atoms with van der Waals surface area (Å²) in [6.45, 7) is 0. The molecule has 0 bridgehead atoms. The molecule has 1 saturated carbocycles. The molecule has 3 aromatic rings. The van der Waals surface area contributed by atoms with Crippen LogP contribution in [0.5, 0.6) is 0 Å². The maximum atomic E-state index is 11.8. The molecule has 29 heavy (non-hydrogen) atoms. The first kappa shape index (κ1) is 18.9. The molecule has 1 amide bonds. The van der Waals surface area contributed by atoms with Gasteiger partial charge in [-0.3, -0.25) is 4.79 Å². The molecule has 0 aliphatic heterocycles. The number of para-hydroxylation sites is 1. The number of primary amides is 1. The van der Waals surface area contributed by atoms with Crippen molar-refractivity contribution in [3.63, 3.8) is 0 Å². The maximum absolute atomic E-state index is 11.8. The zero-order valence-corrected chi connectivity index (χ0v) is 16.0. The molecule has 1 aliphatic rings. The second-order valence-electron chi connectivity index (χ2n) is 7.16. The minimum Gasteiger partial charge on any atom is -0.379 e. The number of carbonyl (C=O) groups is 1. The van der Waals surface area contributed by atoms with E-state index in [2.05, 4.69) is 25.8 Å². The smallest absolute Gasteiger partial charge is 0.269 e. The molecular formula is C20H24N8O. The van der Waals surface area contributed by atoms with Gasteiger partial charge in [0, 0.05) is 12.1 Å². The number of aromatic nitrogens is 4. The summed E-state index contributed by atoms with van der Waals surface area (Å²) < 4.78 is 0. The summed E-state index contributed by atoms with van der Waals surface area (Å²) in [6, 6.07) is 11.6. The highest BCUT2D eigenvalue weighted by molar-refractivity contribution is 5.97. The van der Waals surface area contributed by atoms with Gasteiger partial charge >= 0.3 is 0 Å². The number of nitrogens with one attached hydrogen (secondary N) is 2. The third kappa shape index (κ3) is 4.35. The van der Waals surface area contributed by atoms with Gasteiger partial charge in [0.05, 0.1) is 29.5 Å². The molecule has 2 aromatic heterocycles. The predicted octanol–water partition coefficient (Wildman–Crippen LogP) is 2.19. The number of rotatable bonds is 6. The highest BCUT2D eigenvalue weighted by atomic mass is 16.1. The van der Waals surface area contributed by atoms with E-state index in [1.807, 2.05) is 30.3 Å². The van der Waals surface area contributed by atoms with Gasteiger partial charge in [0.15, 0.2) is 11.5 Å². The molecule has 0 radical (unpaired) electrons. The van der Waals surface area contributed by atoms with Crippen LogP contribution in [0.3, 0.4) is 0 Å². The third-order valence-corrected chi connectivity index (χ3v) is 5.03. The molecule has 1 aromatic carbocycles. The lowest BCUT2D eigenvalue weighted by Crippen LogP contribution is -2.42. The van der Waals surface area contributed by atoms with Crippen molar-refractivity contribution in [3.05, 3.63) is 54.5 Å². The number of hydrogen-bond acceptors (Lipinski definition) is 7. The first-order chi connectivity index (χ1) is 14.1. The Kier molecular flexibility index (Phi) is 5.39. The van der Waals surface area contributed by atoms with Crippen LogP contribution in [0, 0.1) is 0 Å². The zero-order valence-electron chi connectivity index (χ0n) is 16.0. The van der Waals surface area contributed by atoms with Crippen molar-refractivity contribution in [1.29, 1.82) is 0 Å². The van der Waals surface area contributed by atoms with Crippen molar-refractivity contribution in [2.24, 2.45) is 11.5 Å². The van der Waals surface area contributed by atoms with Crippen LogP contribution in [0.25, 0.3) is 5.69 Å². The van der Waals surface area contributed by atoms with E-state index in [9.17, 15) is 4.79 Å². The lowest BCUT2D eigenvalue weighted by atomic mass is 9.91. The lowest BCUT2D eigenvalue weighted by Gasteiger charge is -2.30. The molecule has 6 N–H and O–H groups in total. The Morgan fingerprint density at radius 1 is 1.14 bits per heavy atom. The fourth-order valence-electron chi connectivity index (χ4n) is 3.53. The molecule has 4 rings (SSSR count). The fourth-order valence-corrected chi connectivity index (χ4v) is 3.53. The van der Waals surface area contributed by atoms with Gasteiger partial charge in [0.2, 0.25) is 0 Å². The first-order valence-electron chi connectivity index (χ1n) is 9.67. The molecule has 9 nitrogen and oxygen atoms in total. The second kappa shape index (κ2) is 8.27. The van der Waals surface area contributed by atoms with Crippen molar-refractivity contribution in [3.8, 4) is 5.69 Å². The largest absolute Gasteiger partial charge is 0.379 e. The topological polar surface area (TPSA) is 137 Å². The number of amides is 1. The summed E-state index contributed by atoms with van der Waals surface area (Å²) in [4.78, 5) is 17.6. The number of hydrogen-bond donors (Lipinski definition) is 4. The molecule has 0 spiro atoms. The van der Waals surface area contributed by atoms with Gasteiger partial charge in [-0.15, -0.1) is 9.90 Å². The van der Waals surface area contributed by atoms with E-state index in [-0.39, 0.29) is 17.8 Å². The Bertz CT molecular complexity index is 987. The van der Waals surface area contributed by atoms with Gasteiger partial charge in [-0.05, 0) is 31.0 Å². The number of carbonyl (C=O) groups excluding carboxylic acids is 1. The summed E-state index contributed by atoms with van der Waals surface area (Å²) in [7, 11) is 0. The number of nitrogens with two attached hydrogens (primary N) is 2. The van der Waals surface area contributed by atoms with E-state index in [1.165, 1.54) is 4.80 Å². The van der Waals surface area contributed by atoms with Crippen LogP contribution in [-0.4, -0.2) is 38.0 Å². The van der Waals surface area contributed by atoms with E-state index >= 15 is 0 Å². The Balaban J connectivity index is 1.57. The maximum Gasteiger partial charge on any atom is 0.269 e. The van der Waals surface area contributed by atoms with E-state index < -0.39 is 5.91 Å². The van der Waals surface area contributed by atoms with Gasteiger partial charge in [-0.2, -0.15) is 5.10 Å². The Hall–Kier alpha value is -3.46. The average Bonchev–Trinajstić information content (AvgIpc) is 3.19. The van der Waals surface area contributed by atoms with E-state index in [1.54, 1.807) is 18.5 Å². The summed E-state index contributed by atoms with van der Waals surface area (Å²) >= 11 is 0. The SMILES string of the molecule is NC(=O)c1ncc(N[C@@H]2CCCC[C@@H]2N)cc1Nc1cnn(-c2ccccc2)n1. The normalized spacial score (nSPS) is 18.9. The average molecular weight is 392 g/mol. The molecule has 150 valence electrons. The van der Waals surface area contributed by atoms with Crippen LogP contribution < -0.4 is 22.1 Å². The van der Waals surface area contributed by atoms with Crippen molar-refractivity contribution < 1.29 is 4.79 Å². The molecule has 2 atom stereocenters. The van der Waals surface area contributed by atoms with Crippen LogP contribution >= 0.6 is 0 Å². The Labute approximate surface area is 168 Å². The molecule has 9 heteroatoms. The molecule has 2 heterocycles. The Morgan fingerprint density at radius 2 is 1.93 bits per heavy atom. The summed E-state index contributed by atoms with van der Waals surface area (Å²) in [6.07, 6.45) is 7.49. The van der Waals surface area contributed by atoms with Crippen molar-refractivity contribution in [2.45, 2.75) is 37.8 Å². The summed E-state index contributed by atoms with van der Waals surface area (Å²) in [5.74, 6) is -0.145. The van der Waals surface area contributed by atoms with Crippen LogP contribution in [0.1, 0.15) is 36.2 Å². The second-order valence-corrected chi connectivity index (χ2v) is 7.16. The Morgan fingerprint density at radius 3 is 2.69 bits per heavy atom. The quantitative estimate of drug-likeness (QED) is 0.504. The highest BCUT2D eigenvalue weighted by Gasteiger charge is 2.22. The van der Waals surface area contributed by atoms with Gasteiger partial charge in [0.1, 0.15) is 0 Å². The van der Waals surface area contributed by atoms with Crippen LogP contribution in [0.15, 0.2) is 48.8 Å². The van der Waals surface area contributed by atoms with Crippen molar-refractivity contribution in [2.75, 3.05) is 10.6 Å². The highest BCUT2D eigenvalue weighted by Crippen LogP contribution is 2.25. The van der Waals surface area contributed by atoms with E-state index in [0.29, 0.717) is 11.5 Å². The number of benzene rings is 1. The van der Waals surface area contributed by atoms with E-state index in [0.717, 1.165) is 37.1 Å². The van der Waals surface area contributed by atoms with Crippen LogP contribution in [0.2, 0.25) is 0 Å². The summed E-state index contributed by atoms with van der Waals surface area (Å²) in [5, 5.41) is 15.2. The summed E-state index contributed by atoms with van der Waals surface area (Å²) in [5.41, 5.74) is 13.9. The lowest BCUT2D eigenvalue weighted by molar-refractivity contribution is 0.0996. The first-order valence-corrected chi connectivity index (χ1v) is 9.67. The molecule has 1 fully saturated rings. The minimum atomic E-state index is -0.621.